The molecule has 0 saturated heterocycles. The Labute approximate surface area is 221 Å². The van der Waals surface area contributed by atoms with E-state index in [1.807, 2.05) is 67.6 Å². The second kappa shape index (κ2) is 10.8. The number of hydrogen-bond donors (Lipinski definition) is 1. The molecule has 3 aromatic carbocycles. The molecule has 3 aromatic rings. The number of carbonyl (C=O) groups is 2. The summed E-state index contributed by atoms with van der Waals surface area (Å²) in [5.74, 6) is -1.18. The number of benzene rings is 3. The Balaban J connectivity index is 1.48. The van der Waals surface area contributed by atoms with Crippen molar-refractivity contribution in [3.63, 3.8) is 0 Å². The van der Waals surface area contributed by atoms with Crippen LogP contribution in [0.25, 0.3) is 0 Å². The van der Waals surface area contributed by atoms with Crippen molar-refractivity contribution in [1.29, 1.82) is 0 Å². The summed E-state index contributed by atoms with van der Waals surface area (Å²) in [5, 5.41) is 14.6. The first kappa shape index (κ1) is 25.1. The van der Waals surface area contributed by atoms with Crippen molar-refractivity contribution >= 4 is 17.4 Å². The zero-order valence-electron chi connectivity index (χ0n) is 21.1. The lowest BCUT2D eigenvalue weighted by Gasteiger charge is -2.36. The summed E-state index contributed by atoms with van der Waals surface area (Å²) in [6.07, 6.45) is 1.52. The van der Waals surface area contributed by atoms with Gasteiger partial charge in [-0.25, -0.2) is 4.79 Å². The topological polar surface area (TPSA) is 98.5 Å². The number of nitro benzene ring substituents is 1. The van der Waals surface area contributed by atoms with E-state index >= 15 is 0 Å². The highest BCUT2D eigenvalue weighted by Gasteiger charge is 2.41. The molecule has 0 bridgehead atoms. The molecule has 2 aliphatic rings. The molecule has 0 unspecified atom stereocenters. The van der Waals surface area contributed by atoms with Crippen LogP contribution in [0.15, 0.2) is 107 Å². The van der Waals surface area contributed by atoms with Gasteiger partial charge in [-0.15, -0.1) is 0 Å². The number of dihydropyridines is 1. The van der Waals surface area contributed by atoms with Gasteiger partial charge in [0.05, 0.1) is 17.1 Å². The van der Waals surface area contributed by atoms with Gasteiger partial charge in [-0.1, -0.05) is 72.8 Å². The SMILES string of the molecule is CC1=C(C(=O)OCCc2ccccc2)[C@H](c2ccc([N+](=O)[O-])cc2)C2=C(C[C@@H](c3ccccc3)CC2=O)N1. The largest absolute Gasteiger partial charge is 0.462 e. The van der Waals surface area contributed by atoms with E-state index in [-0.39, 0.29) is 24.0 Å². The molecule has 7 heteroatoms. The van der Waals surface area contributed by atoms with Crippen molar-refractivity contribution in [3.8, 4) is 0 Å². The van der Waals surface area contributed by atoms with Crippen LogP contribution in [0.2, 0.25) is 0 Å². The third-order valence-corrected chi connectivity index (χ3v) is 7.22. The number of ether oxygens (including phenoxy) is 1. The predicted octanol–water partition coefficient (Wildman–Crippen LogP) is 5.74. The molecule has 0 radical (unpaired) electrons. The van der Waals surface area contributed by atoms with Gasteiger partial charge in [0.1, 0.15) is 0 Å². The zero-order valence-corrected chi connectivity index (χ0v) is 21.1. The van der Waals surface area contributed by atoms with E-state index in [4.69, 9.17) is 4.74 Å². The first-order chi connectivity index (χ1) is 18.4. The lowest BCUT2D eigenvalue weighted by atomic mass is 9.71. The number of nitro groups is 1. The number of ketones is 1. The van der Waals surface area contributed by atoms with Crippen LogP contribution >= 0.6 is 0 Å². The summed E-state index contributed by atoms with van der Waals surface area (Å²) in [4.78, 5) is 37.9. The molecule has 0 saturated carbocycles. The van der Waals surface area contributed by atoms with E-state index in [1.165, 1.54) is 12.1 Å². The molecule has 0 amide bonds. The van der Waals surface area contributed by atoms with Crippen LogP contribution in [0.3, 0.4) is 0 Å². The molecule has 7 nitrogen and oxygen atoms in total. The fourth-order valence-electron chi connectivity index (χ4n) is 5.38. The number of hydrogen-bond acceptors (Lipinski definition) is 6. The number of nitrogens with one attached hydrogen (secondary N) is 1. The van der Waals surface area contributed by atoms with Gasteiger partial charge in [0.2, 0.25) is 0 Å². The van der Waals surface area contributed by atoms with Crippen LogP contribution in [0.4, 0.5) is 5.69 Å². The van der Waals surface area contributed by atoms with E-state index in [2.05, 4.69) is 5.32 Å². The van der Waals surface area contributed by atoms with Crippen LogP contribution in [0.5, 0.6) is 0 Å². The lowest BCUT2D eigenvalue weighted by molar-refractivity contribution is -0.384. The van der Waals surface area contributed by atoms with Crippen LogP contribution < -0.4 is 5.32 Å². The number of nitrogens with zero attached hydrogens (tertiary/aromatic N) is 1. The average Bonchev–Trinajstić information content (AvgIpc) is 2.93. The molecular weight excluding hydrogens is 480 g/mol. The third kappa shape index (κ3) is 5.13. The summed E-state index contributed by atoms with van der Waals surface area (Å²) in [6, 6.07) is 25.7. The van der Waals surface area contributed by atoms with Gasteiger partial charge in [0.15, 0.2) is 5.78 Å². The third-order valence-electron chi connectivity index (χ3n) is 7.22. The van der Waals surface area contributed by atoms with Crippen LogP contribution in [0, 0.1) is 10.1 Å². The molecule has 0 aromatic heterocycles. The molecule has 192 valence electrons. The molecular formula is C31H28N2O5. The lowest BCUT2D eigenvalue weighted by Crippen LogP contribution is -2.36. The predicted molar refractivity (Wildman–Crippen MR) is 143 cm³/mol. The molecule has 0 fully saturated rings. The van der Waals surface area contributed by atoms with Crippen LogP contribution in [-0.2, 0) is 20.7 Å². The maximum absolute atomic E-state index is 13.7. The number of Topliss-reactive ketones (excluding diaryl/α,β-unsaturated/α-hetero) is 1. The first-order valence-electron chi connectivity index (χ1n) is 12.7. The molecule has 5 rings (SSSR count). The highest BCUT2D eigenvalue weighted by atomic mass is 16.6. The Kier molecular flexibility index (Phi) is 7.18. The molecule has 0 spiro atoms. The van der Waals surface area contributed by atoms with Crippen molar-refractivity contribution in [2.24, 2.45) is 0 Å². The number of rotatable bonds is 7. The second-order valence-electron chi connectivity index (χ2n) is 9.65. The van der Waals surface area contributed by atoms with Gasteiger partial charge in [-0.3, -0.25) is 14.9 Å². The molecule has 1 aliphatic heterocycles. The minimum atomic E-state index is -0.666. The van der Waals surface area contributed by atoms with Gasteiger partial charge in [0, 0.05) is 47.9 Å². The highest BCUT2D eigenvalue weighted by Crippen LogP contribution is 2.45. The Bertz CT molecular complexity index is 1430. The summed E-state index contributed by atoms with van der Waals surface area (Å²) in [6.45, 7) is 2.01. The van der Waals surface area contributed by atoms with E-state index < -0.39 is 16.8 Å². The molecule has 1 aliphatic carbocycles. The van der Waals surface area contributed by atoms with Crippen molar-refractivity contribution in [3.05, 3.63) is 134 Å². The normalized spacial score (nSPS) is 19.0. The maximum atomic E-state index is 13.7. The summed E-state index contributed by atoms with van der Waals surface area (Å²) >= 11 is 0. The van der Waals surface area contributed by atoms with Gasteiger partial charge < -0.3 is 10.1 Å². The summed E-state index contributed by atoms with van der Waals surface area (Å²) < 4.78 is 5.70. The van der Waals surface area contributed by atoms with Gasteiger partial charge >= 0.3 is 5.97 Å². The molecule has 38 heavy (non-hydrogen) atoms. The number of allylic oxidation sites excluding steroid dienone is 3. The standard InChI is InChI=1S/C31H28N2O5/c1-20-28(31(35)38-17-16-21-8-4-2-5-9-21)29(23-12-14-25(15-13-23)33(36)37)30-26(32-20)18-24(19-27(30)34)22-10-6-3-7-11-22/h2-15,24,29,32H,16-19H2,1H3/t24-,29+/m1/s1. The quantitative estimate of drug-likeness (QED) is 0.248. The van der Waals surface area contributed by atoms with E-state index in [9.17, 15) is 19.7 Å². The van der Waals surface area contributed by atoms with Gasteiger partial charge in [-0.05, 0) is 36.0 Å². The zero-order chi connectivity index (χ0) is 26.6. The summed E-state index contributed by atoms with van der Waals surface area (Å²) in [5.41, 5.74) is 5.04. The number of esters is 1. The molecule has 2 atom stereocenters. The maximum Gasteiger partial charge on any atom is 0.336 e. The average molecular weight is 509 g/mol. The second-order valence-corrected chi connectivity index (χ2v) is 9.65. The Morgan fingerprint density at radius 2 is 1.61 bits per heavy atom. The van der Waals surface area contributed by atoms with Crippen molar-refractivity contribution in [1.82, 2.24) is 5.32 Å². The Hall–Kier alpha value is -4.52. The van der Waals surface area contributed by atoms with Crippen molar-refractivity contribution in [2.45, 2.75) is 38.0 Å². The first-order valence-corrected chi connectivity index (χ1v) is 12.7. The summed E-state index contributed by atoms with van der Waals surface area (Å²) in [7, 11) is 0. The Morgan fingerprint density at radius 3 is 2.26 bits per heavy atom. The van der Waals surface area contributed by atoms with Crippen molar-refractivity contribution in [2.75, 3.05) is 6.61 Å². The van der Waals surface area contributed by atoms with E-state index in [0.29, 0.717) is 41.7 Å². The molecule has 1 N–H and O–H groups in total. The smallest absolute Gasteiger partial charge is 0.336 e. The van der Waals surface area contributed by atoms with Crippen LogP contribution in [-0.4, -0.2) is 23.3 Å². The minimum absolute atomic E-state index is 0.0274. The monoisotopic (exact) mass is 508 g/mol. The van der Waals surface area contributed by atoms with Gasteiger partial charge in [-0.2, -0.15) is 0 Å². The van der Waals surface area contributed by atoms with E-state index in [0.717, 1.165) is 16.8 Å². The molecule has 1 heterocycles. The van der Waals surface area contributed by atoms with Gasteiger partial charge in [0.25, 0.3) is 5.69 Å². The van der Waals surface area contributed by atoms with Crippen LogP contribution in [0.1, 0.15) is 48.3 Å². The Morgan fingerprint density at radius 1 is 0.947 bits per heavy atom. The van der Waals surface area contributed by atoms with Crippen molar-refractivity contribution < 1.29 is 19.2 Å². The highest BCUT2D eigenvalue weighted by molar-refractivity contribution is 6.04. The minimum Gasteiger partial charge on any atom is -0.462 e. The fourth-order valence-corrected chi connectivity index (χ4v) is 5.38. The van der Waals surface area contributed by atoms with E-state index in [1.54, 1.807) is 12.1 Å². The number of non-ortho nitro benzene ring substituents is 1. The fraction of sp³-hybridized carbons (Fsp3) is 0.226. The number of carbonyl (C=O) groups excluding carboxylic acids is 2.